The molecule has 0 saturated carbocycles. The normalized spacial score (nSPS) is 10.6. The van der Waals surface area contributed by atoms with Crippen LogP contribution in [0.25, 0.3) is 11.3 Å². The van der Waals surface area contributed by atoms with E-state index < -0.39 is 0 Å². The number of aromatic nitrogens is 2. The second-order valence-corrected chi connectivity index (χ2v) is 5.70. The number of carbonyl (C=O) groups is 1. The van der Waals surface area contributed by atoms with E-state index in [0.29, 0.717) is 5.56 Å². The third-order valence-corrected chi connectivity index (χ3v) is 3.42. The highest BCUT2D eigenvalue weighted by molar-refractivity contribution is 6.04. The van der Waals surface area contributed by atoms with Crippen molar-refractivity contribution < 1.29 is 9.53 Å². The summed E-state index contributed by atoms with van der Waals surface area (Å²) in [5, 5.41) is 9.76. The maximum absolute atomic E-state index is 12.4. The maximum Gasteiger partial charge on any atom is 0.255 e. The van der Waals surface area contributed by atoms with Gasteiger partial charge < -0.3 is 10.1 Å². The zero-order valence-electron chi connectivity index (χ0n) is 13.6. The van der Waals surface area contributed by atoms with Crippen LogP contribution in [0.15, 0.2) is 60.8 Å². The summed E-state index contributed by atoms with van der Waals surface area (Å²) < 4.78 is 5.58. The molecule has 24 heavy (non-hydrogen) atoms. The Labute approximate surface area is 140 Å². The van der Waals surface area contributed by atoms with E-state index in [1.807, 2.05) is 44.2 Å². The number of nitrogens with one attached hydrogen (secondary N) is 2. The molecule has 1 aromatic heterocycles. The predicted octanol–water partition coefficient (Wildman–Crippen LogP) is 4.12. The Bertz CT molecular complexity index is 809. The zero-order valence-corrected chi connectivity index (χ0v) is 13.6. The van der Waals surface area contributed by atoms with Crippen molar-refractivity contribution in [1.29, 1.82) is 0 Å². The van der Waals surface area contributed by atoms with Crippen LogP contribution < -0.4 is 10.1 Å². The minimum absolute atomic E-state index is 0.106. The molecule has 2 aromatic carbocycles. The number of carbonyl (C=O) groups excluding carboxylic acids is 1. The fourth-order valence-corrected chi connectivity index (χ4v) is 2.34. The molecule has 0 atom stereocenters. The van der Waals surface area contributed by atoms with Crippen molar-refractivity contribution in [2.75, 3.05) is 5.32 Å². The Balaban J connectivity index is 1.72. The van der Waals surface area contributed by atoms with Crippen LogP contribution in [0, 0.1) is 0 Å². The average Bonchev–Trinajstić information content (AvgIpc) is 3.10. The molecule has 1 amide bonds. The van der Waals surface area contributed by atoms with Crippen LogP contribution in [-0.2, 0) is 0 Å². The lowest BCUT2D eigenvalue weighted by atomic mass is 10.1. The highest BCUT2D eigenvalue weighted by Crippen LogP contribution is 2.21. The SMILES string of the molecule is CC(C)Oc1ccc(C(=O)Nc2cccc(-c3ccn[nH]3)c2)cc1. The van der Waals surface area contributed by atoms with Crippen LogP contribution in [0.4, 0.5) is 5.69 Å². The molecule has 1 heterocycles. The molecule has 0 bridgehead atoms. The molecule has 0 aliphatic heterocycles. The monoisotopic (exact) mass is 321 g/mol. The van der Waals surface area contributed by atoms with Gasteiger partial charge in [0.2, 0.25) is 0 Å². The third-order valence-electron chi connectivity index (χ3n) is 3.42. The summed E-state index contributed by atoms with van der Waals surface area (Å²) in [6, 6.07) is 16.6. The van der Waals surface area contributed by atoms with E-state index >= 15 is 0 Å². The Morgan fingerprint density at radius 2 is 1.92 bits per heavy atom. The van der Waals surface area contributed by atoms with E-state index in [2.05, 4.69) is 15.5 Å². The summed E-state index contributed by atoms with van der Waals surface area (Å²) in [4.78, 5) is 12.4. The number of H-pyrrole nitrogens is 1. The van der Waals surface area contributed by atoms with Gasteiger partial charge in [0.05, 0.1) is 11.8 Å². The van der Waals surface area contributed by atoms with Gasteiger partial charge >= 0.3 is 0 Å². The van der Waals surface area contributed by atoms with Crippen molar-refractivity contribution in [2.24, 2.45) is 0 Å². The molecule has 0 saturated heterocycles. The second-order valence-electron chi connectivity index (χ2n) is 5.70. The first-order valence-electron chi connectivity index (χ1n) is 7.80. The topological polar surface area (TPSA) is 67.0 Å². The number of nitrogens with zero attached hydrogens (tertiary/aromatic N) is 1. The van der Waals surface area contributed by atoms with Crippen molar-refractivity contribution >= 4 is 11.6 Å². The van der Waals surface area contributed by atoms with Gasteiger partial charge in [-0.3, -0.25) is 9.89 Å². The van der Waals surface area contributed by atoms with Crippen LogP contribution in [0.3, 0.4) is 0 Å². The van der Waals surface area contributed by atoms with Crippen LogP contribution in [-0.4, -0.2) is 22.2 Å². The lowest BCUT2D eigenvalue weighted by molar-refractivity contribution is 0.102. The molecule has 0 radical (unpaired) electrons. The van der Waals surface area contributed by atoms with Crippen molar-refractivity contribution in [2.45, 2.75) is 20.0 Å². The fraction of sp³-hybridized carbons (Fsp3) is 0.158. The van der Waals surface area contributed by atoms with Crippen LogP contribution in [0.1, 0.15) is 24.2 Å². The molecule has 0 unspecified atom stereocenters. The largest absolute Gasteiger partial charge is 0.491 e. The predicted molar refractivity (Wildman–Crippen MR) is 94.2 cm³/mol. The van der Waals surface area contributed by atoms with E-state index in [4.69, 9.17) is 4.74 Å². The first-order chi connectivity index (χ1) is 11.6. The highest BCUT2D eigenvalue weighted by atomic mass is 16.5. The van der Waals surface area contributed by atoms with Gasteiger partial charge in [0.1, 0.15) is 5.75 Å². The lowest BCUT2D eigenvalue weighted by Crippen LogP contribution is -2.12. The van der Waals surface area contributed by atoms with Crippen LogP contribution in [0.5, 0.6) is 5.75 Å². The minimum atomic E-state index is -0.159. The molecular formula is C19H19N3O2. The van der Waals surface area contributed by atoms with Crippen molar-refractivity contribution in [1.82, 2.24) is 10.2 Å². The summed E-state index contributed by atoms with van der Waals surface area (Å²) in [7, 11) is 0. The average molecular weight is 321 g/mol. The van der Waals surface area contributed by atoms with Gasteiger partial charge in [-0.15, -0.1) is 0 Å². The van der Waals surface area contributed by atoms with Gasteiger partial charge in [-0.05, 0) is 56.3 Å². The first kappa shape index (κ1) is 15.8. The second kappa shape index (κ2) is 7.00. The van der Waals surface area contributed by atoms with Crippen molar-refractivity contribution in [3.63, 3.8) is 0 Å². The number of aromatic amines is 1. The quantitative estimate of drug-likeness (QED) is 0.743. The summed E-state index contributed by atoms with van der Waals surface area (Å²) in [5.74, 6) is 0.593. The smallest absolute Gasteiger partial charge is 0.255 e. The minimum Gasteiger partial charge on any atom is -0.491 e. The number of hydrogen-bond acceptors (Lipinski definition) is 3. The molecule has 2 N–H and O–H groups in total. The van der Waals surface area contributed by atoms with E-state index in [-0.39, 0.29) is 12.0 Å². The van der Waals surface area contributed by atoms with Crippen LogP contribution in [0.2, 0.25) is 0 Å². The number of ether oxygens (including phenoxy) is 1. The lowest BCUT2D eigenvalue weighted by Gasteiger charge is -2.10. The molecule has 5 heteroatoms. The Hall–Kier alpha value is -3.08. The molecule has 0 fully saturated rings. The van der Waals surface area contributed by atoms with Crippen molar-refractivity contribution in [3.8, 4) is 17.0 Å². The van der Waals surface area contributed by atoms with E-state index in [1.165, 1.54) is 0 Å². The number of rotatable bonds is 5. The summed E-state index contributed by atoms with van der Waals surface area (Å²) in [6.45, 7) is 3.93. The van der Waals surface area contributed by atoms with Crippen LogP contribution >= 0.6 is 0 Å². The zero-order chi connectivity index (χ0) is 16.9. The third kappa shape index (κ3) is 3.81. The summed E-state index contributed by atoms with van der Waals surface area (Å²) in [5.41, 5.74) is 3.18. The Morgan fingerprint density at radius 1 is 1.12 bits per heavy atom. The first-order valence-corrected chi connectivity index (χ1v) is 7.80. The fourth-order valence-electron chi connectivity index (χ4n) is 2.34. The molecule has 122 valence electrons. The van der Waals surface area contributed by atoms with E-state index in [1.54, 1.807) is 30.5 Å². The van der Waals surface area contributed by atoms with Gasteiger partial charge in [-0.2, -0.15) is 5.10 Å². The molecule has 5 nitrogen and oxygen atoms in total. The van der Waals surface area contributed by atoms with Gasteiger partial charge in [-0.25, -0.2) is 0 Å². The molecule has 0 aliphatic carbocycles. The molecular weight excluding hydrogens is 302 g/mol. The molecule has 3 rings (SSSR count). The maximum atomic E-state index is 12.4. The number of hydrogen-bond donors (Lipinski definition) is 2. The Morgan fingerprint density at radius 3 is 2.58 bits per heavy atom. The van der Waals surface area contributed by atoms with Gasteiger partial charge in [0.15, 0.2) is 0 Å². The molecule has 0 aliphatic rings. The molecule has 3 aromatic rings. The van der Waals surface area contributed by atoms with E-state index in [0.717, 1.165) is 22.7 Å². The highest BCUT2D eigenvalue weighted by Gasteiger charge is 2.08. The van der Waals surface area contributed by atoms with Gasteiger partial charge in [0.25, 0.3) is 5.91 Å². The standard InChI is InChI=1S/C19H19N3O2/c1-13(2)24-17-8-6-14(7-9-17)19(23)21-16-5-3-4-15(12-16)18-10-11-20-22-18/h3-13H,1-2H3,(H,20,22)(H,21,23). The molecule has 0 spiro atoms. The van der Waals surface area contributed by atoms with Gasteiger partial charge in [-0.1, -0.05) is 12.1 Å². The number of benzene rings is 2. The summed E-state index contributed by atoms with van der Waals surface area (Å²) in [6.07, 6.45) is 1.80. The van der Waals surface area contributed by atoms with E-state index in [9.17, 15) is 4.79 Å². The Kier molecular flexibility index (Phi) is 4.61. The number of anilines is 1. The van der Waals surface area contributed by atoms with Gasteiger partial charge in [0, 0.05) is 23.0 Å². The van der Waals surface area contributed by atoms with Crippen molar-refractivity contribution in [3.05, 3.63) is 66.4 Å². The summed E-state index contributed by atoms with van der Waals surface area (Å²) >= 11 is 0. The number of amides is 1.